The molecule has 0 unspecified atom stereocenters. The second-order valence-electron chi connectivity index (χ2n) is 8.63. The minimum Gasteiger partial charge on any atom is -0.494 e. The average molecular weight is 561 g/mol. The highest BCUT2D eigenvalue weighted by Gasteiger charge is 2.15. The van der Waals surface area contributed by atoms with Crippen molar-refractivity contribution in [3.63, 3.8) is 0 Å². The number of carbonyl (C=O) groups excluding carboxylic acids is 1. The van der Waals surface area contributed by atoms with Crippen LogP contribution < -0.4 is 10.2 Å². The lowest BCUT2D eigenvalue weighted by Gasteiger charge is -2.20. The highest BCUT2D eigenvalue weighted by molar-refractivity contribution is 9.11. The Morgan fingerprint density at radius 1 is 1.06 bits per heavy atom. The smallest absolute Gasteiger partial charge is 0.271 e. The van der Waals surface area contributed by atoms with Crippen LogP contribution in [-0.2, 0) is 5.41 Å². The molecule has 1 N–H and O–H groups in total. The molecule has 0 aliphatic rings. The molecule has 32 heavy (non-hydrogen) atoms. The van der Waals surface area contributed by atoms with Gasteiger partial charge in [-0.25, -0.2) is 5.43 Å². The van der Waals surface area contributed by atoms with Crippen molar-refractivity contribution in [2.45, 2.75) is 40.0 Å². The van der Waals surface area contributed by atoms with Gasteiger partial charge in [-0.15, -0.1) is 0 Å². The van der Waals surface area contributed by atoms with E-state index in [2.05, 4.69) is 105 Å². The summed E-state index contributed by atoms with van der Waals surface area (Å²) in [6.07, 6.45) is 1.67. The van der Waals surface area contributed by atoms with Gasteiger partial charge in [-0.05, 0) is 87.0 Å². The van der Waals surface area contributed by atoms with Crippen LogP contribution >= 0.6 is 31.9 Å². The molecule has 0 spiro atoms. The third-order valence-corrected chi connectivity index (χ3v) is 6.47. The molecule has 0 aliphatic carbocycles. The van der Waals surface area contributed by atoms with Crippen molar-refractivity contribution in [3.8, 4) is 11.4 Å². The lowest BCUT2D eigenvalue weighted by atomic mass is 9.87. The molecule has 0 atom stereocenters. The highest BCUT2D eigenvalue weighted by atomic mass is 79.9. The van der Waals surface area contributed by atoms with Crippen LogP contribution in [-0.4, -0.2) is 23.8 Å². The number of aryl methyl sites for hydroxylation is 1. The minimum atomic E-state index is -0.308. The van der Waals surface area contributed by atoms with Gasteiger partial charge in [0.25, 0.3) is 5.91 Å². The number of nitrogens with one attached hydrogen (secondary N) is 1. The molecule has 0 saturated carbocycles. The summed E-state index contributed by atoms with van der Waals surface area (Å²) in [5.41, 5.74) is 8.67. The van der Waals surface area contributed by atoms with Gasteiger partial charge < -0.3 is 9.30 Å². The van der Waals surface area contributed by atoms with Crippen molar-refractivity contribution in [2.75, 3.05) is 7.11 Å². The van der Waals surface area contributed by atoms with Crippen LogP contribution in [0.1, 0.15) is 53.6 Å². The predicted octanol–water partition coefficient (Wildman–Crippen LogP) is 6.69. The molecule has 1 heterocycles. The first-order valence-corrected chi connectivity index (χ1v) is 11.8. The first-order valence-electron chi connectivity index (χ1n) is 10.2. The molecule has 1 aromatic heterocycles. The number of ether oxygens (including phenoxy) is 1. The quantitative estimate of drug-likeness (QED) is 0.279. The molecule has 3 rings (SSSR count). The molecule has 0 fully saturated rings. The number of hydrazone groups is 1. The first kappa shape index (κ1) is 24.3. The number of nitrogens with zero attached hydrogens (tertiary/aromatic N) is 2. The fourth-order valence-electron chi connectivity index (χ4n) is 3.54. The van der Waals surface area contributed by atoms with Gasteiger partial charge in [-0.3, -0.25) is 4.79 Å². The van der Waals surface area contributed by atoms with E-state index in [-0.39, 0.29) is 11.3 Å². The Kier molecular flexibility index (Phi) is 7.30. The molecule has 1 amide bonds. The SMILES string of the molecule is COc1c(Br)cc(C(=O)N/N=C\c2cc(C)n(-c3ccc(C(C)(C)C)cc3)c2C)cc1Br. The van der Waals surface area contributed by atoms with Gasteiger partial charge in [0.15, 0.2) is 0 Å². The normalized spacial score (nSPS) is 11.8. The Balaban J connectivity index is 1.78. The number of halogens is 2. The van der Waals surface area contributed by atoms with Crippen molar-refractivity contribution < 1.29 is 9.53 Å². The third kappa shape index (κ3) is 5.15. The standard InChI is InChI=1S/C25H27Br2N3O2/c1-15-11-18(16(2)30(15)20-9-7-19(8-10-20)25(3,4)5)14-28-29-24(31)17-12-21(26)23(32-6)22(27)13-17/h7-14H,1-6H3,(H,29,31)/b28-14-. The molecule has 3 aromatic rings. The molecule has 0 radical (unpaired) electrons. The monoisotopic (exact) mass is 559 g/mol. The molecule has 7 heteroatoms. The number of carbonyl (C=O) groups is 1. The summed E-state index contributed by atoms with van der Waals surface area (Å²) in [7, 11) is 1.57. The van der Waals surface area contributed by atoms with E-state index in [9.17, 15) is 4.79 Å². The maximum atomic E-state index is 12.5. The zero-order valence-corrected chi connectivity index (χ0v) is 22.3. The Morgan fingerprint density at radius 3 is 2.19 bits per heavy atom. The van der Waals surface area contributed by atoms with Gasteiger partial charge in [-0.1, -0.05) is 32.9 Å². The van der Waals surface area contributed by atoms with Crippen molar-refractivity contribution in [1.82, 2.24) is 9.99 Å². The van der Waals surface area contributed by atoms with Gasteiger partial charge >= 0.3 is 0 Å². The van der Waals surface area contributed by atoms with E-state index >= 15 is 0 Å². The predicted molar refractivity (Wildman–Crippen MR) is 137 cm³/mol. The van der Waals surface area contributed by atoms with E-state index in [1.807, 2.05) is 6.92 Å². The largest absolute Gasteiger partial charge is 0.494 e. The van der Waals surface area contributed by atoms with Crippen molar-refractivity contribution in [2.24, 2.45) is 5.10 Å². The van der Waals surface area contributed by atoms with E-state index in [0.717, 1.165) is 22.6 Å². The number of rotatable bonds is 5. The van der Waals surface area contributed by atoms with Crippen LogP contribution in [0.4, 0.5) is 0 Å². The average Bonchev–Trinajstić information content (AvgIpc) is 3.00. The number of aromatic nitrogens is 1. The van der Waals surface area contributed by atoms with Gasteiger partial charge in [-0.2, -0.15) is 5.10 Å². The summed E-state index contributed by atoms with van der Waals surface area (Å²) >= 11 is 6.83. The summed E-state index contributed by atoms with van der Waals surface area (Å²) in [5.74, 6) is 0.324. The fraction of sp³-hybridized carbons (Fsp3) is 0.280. The first-order chi connectivity index (χ1) is 15.0. The topological polar surface area (TPSA) is 55.6 Å². The number of hydrogen-bond acceptors (Lipinski definition) is 3. The van der Waals surface area contributed by atoms with Crippen LogP contribution in [0.2, 0.25) is 0 Å². The fourth-order valence-corrected chi connectivity index (χ4v) is 5.05. The van der Waals surface area contributed by atoms with E-state index in [0.29, 0.717) is 20.3 Å². The Hall–Kier alpha value is -2.38. The summed E-state index contributed by atoms with van der Waals surface area (Å²) in [6, 6.07) is 14.1. The van der Waals surface area contributed by atoms with Crippen LogP contribution in [0.25, 0.3) is 5.69 Å². The molecular weight excluding hydrogens is 534 g/mol. The summed E-state index contributed by atoms with van der Waals surface area (Å²) < 4.78 is 8.84. The number of hydrogen-bond donors (Lipinski definition) is 1. The van der Waals surface area contributed by atoms with Gasteiger partial charge in [0.2, 0.25) is 0 Å². The molecule has 0 aliphatic heterocycles. The maximum absolute atomic E-state index is 12.5. The lowest BCUT2D eigenvalue weighted by Crippen LogP contribution is -2.17. The Labute approximate surface area is 206 Å². The Morgan fingerprint density at radius 2 is 1.66 bits per heavy atom. The van der Waals surface area contributed by atoms with Crippen LogP contribution in [0.3, 0.4) is 0 Å². The summed E-state index contributed by atoms with van der Waals surface area (Å²) in [5, 5.41) is 4.18. The minimum absolute atomic E-state index is 0.115. The molecule has 0 bridgehead atoms. The van der Waals surface area contributed by atoms with E-state index in [4.69, 9.17) is 4.74 Å². The van der Waals surface area contributed by atoms with Crippen molar-refractivity contribution in [3.05, 3.63) is 79.5 Å². The second-order valence-corrected chi connectivity index (χ2v) is 10.3. The van der Waals surface area contributed by atoms with Gasteiger partial charge in [0, 0.05) is 28.2 Å². The van der Waals surface area contributed by atoms with Crippen molar-refractivity contribution >= 4 is 44.0 Å². The summed E-state index contributed by atoms with van der Waals surface area (Å²) in [4.78, 5) is 12.5. The van der Waals surface area contributed by atoms with Gasteiger partial charge in [0.1, 0.15) is 5.75 Å². The lowest BCUT2D eigenvalue weighted by molar-refractivity contribution is 0.0955. The number of methoxy groups -OCH3 is 1. The molecule has 168 valence electrons. The molecule has 0 saturated heterocycles. The van der Waals surface area contributed by atoms with E-state index in [1.54, 1.807) is 25.5 Å². The zero-order valence-electron chi connectivity index (χ0n) is 19.1. The zero-order chi connectivity index (χ0) is 23.6. The maximum Gasteiger partial charge on any atom is 0.271 e. The number of benzene rings is 2. The van der Waals surface area contributed by atoms with Crippen LogP contribution in [0, 0.1) is 13.8 Å². The summed E-state index contributed by atoms with van der Waals surface area (Å²) in [6.45, 7) is 10.7. The van der Waals surface area contributed by atoms with Crippen molar-refractivity contribution in [1.29, 1.82) is 0 Å². The van der Waals surface area contributed by atoms with E-state index in [1.165, 1.54) is 5.56 Å². The highest BCUT2D eigenvalue weighted by Crippen LogP contribution is 2.34. The molecule has 2 aromatic carbocycles. The molecular formula is C25H27Br2N3O2. The van der Waals surface area contributed by atoms with E-state index < -0.39 is 0 Å². The molecule has 5 nitrogen and oxygen atoms in total. The second kappa shape index (κ2) is 9.63. The van der Waals surface area contributed by atoms with Crippen LogP contribution in [0.5, 0.6) is 5.75 Å². The van der Waals surface area contributed by atoms with Crippen LogP contribution in [0.15, 0.2) is 56.5 Å². The third-order valence-electron chi connectivity index (χ3n) is 5.30. The number of amides is 1. The van der Waals surface area contributed by atoms with Gasteiger partial charge in [0.05, 0.1) is 22.3 Å². The Bertz CT molecular complexity index is 1150.